The molecule has 1 atom stereocenters. The lowest BCUT2D eigenvalue weighted by Crippen LogP contribution is -2.44. The van der Waals surface area contributed by atoms with Gasteiger partial charge >= 0.3 is 0 Å². The summed E-state index contributed by atoms with van der Waals surface area (Å²) in [5.41, 5.74) is 0. The molecule has 5 heteroatoms. The molecule has 1 aromatic rings. The molecule has 1 saturated heterocycles. The van der Waals surface area contributed by atoms with Crippen molar-refractivity contribution in [2.75, 3.05) is 18.2 Å². The second kappa shape index (κ2) is 5.41. The molecular formula is C11H16N2O2S. The van der Waals surface area contributed by atoms with Gasteiger partial charge in [-0.1, -0.05) is 0 Å². The first kappa shape index (κ1) is 11.5. The number of carbonyl (C=O) groups is 1. The number of nitrogens with zero attached hydrogens (tertiary/aromatic N) is 1. The van der Waals surface area contributed by atoms with Crippen LogP contribution in [0.15, 0.2) is 22.8 Å². The van der Waals surface area contributed by atoms with Gasteiger partial charge in [-0.05, 0) is 19.1 Å². The summed E-state index contributed by atoms with van der Waals surface area (Å²) >= 11 is 1.76. The first-order valence-corrected chi connectivity index (χ1v) is 6.59. The highest BCUT2D eigenvalue weighted by molar-refractivity contribution is 7.99. The van der Waals surface area contributed by atoms with E-state index in [0.717, 1.165) is 17.4 Å². The van der Waals surface area contributed by atoms with E-state index in [1.807, 2.05) is 24.0 Å². The molecule has 0 spiro atoms. The van der Waals surface area contributed by atoms with Crippen LogP contribution < -0.4 is 5.32 Å². The Balaban J connectivity index is 1.96. The number of rotatable bonds is 4. The Bertz CT molecular complexity index is 334. The minimum absolute atomic E-state index is 0.0279. The zero-order valence-corrected chi connectivity index (χ0v) is 10.1. The minimum atomic E-state index is -0.0279. The van der Waals surface area contributed by atoms with Gasteiger partial charge in [0.1, 0.15) is 5.76 Å². The fraction of sp³-hybridized carbons (Fsp3) is 0.545. The fourth-order valence-electron chi connectivity index (χ4n) is 1.71. The summed E-state index contributed by atoms with van der Waals surface area (Å²) in [5, 5.41) is 3.19. The van der Waals surface area contributed by atoms with Crippen LogP contribution in [0, 0.1) is 0 Å². The molecule has 1 unspecified atom stereocenters. The van der Waals surface area contributed by atoms with Gasteiger partial charge in [-0.3, -0.25) is 10.1 Å². The van der Waals surface area contributed by atoms with Gasteiger partial charge in [0, 0.05) is 18.2 Å². The molecule has 1 fully saturated rings. The SMILES string of the molecule is CCN(Cc1ccco1)C(=O)C1CSCN1. The lowest BCUT2D eigenvalue weighted by atomic mass is 10.2. The van der Waals surface area contributed by atoms with Crippen LogP contribution in [-0.4, -0.2) is 35.0 Å². The molecular weight excluding hydrogens is 224 g/mol. The molecule has 16 heavy (non-hydrogen) atoms. The van der Waals surface area contributed by atoms with E-state index < -0.39 is 0 Å². The molecule has 88 valence electrons. The number of hydrogen-bond acceptors (Lipinski definition) is 4. The van der Waals surface area contributed by atoms with Crippen LogP contribution in [0.2, 0.25) is 0 Å². The van der Waals surface area contributed by atoms with Crippen molar-refractivity contribution in [1.82, 2.24) is 10.2 Å². The first-order chi connectivity index (χ1) is 7.81. The zero-order valence-electron chi connectivity index (χ0n) is 9.31. The summed E-state index contributed by atoms with van der Waals surface area (Å²) in [4.78, 5) is 13.9. The second-order valence-corrected chi connectivity index (χ2v) is 4.73. The van der Waals surface area contributed by atoms with Crippen LogP contribution in [0.25, 0.3) is 0 Å². The topological polar surface area (TPSA) is 45.5 Å². The zero-order chi connectivity index (χ0) is 11.4. The van der Waals surface area contributed by atoms with E-state index in [9.17, 15) is 4.79 Å². The highest BCUT2D eigenvalue weighted by Gasteiger charge is 2.26. The predicted molar refractivity (Wildman–Crippen MR) is 64.0 cm³/mol. The Morgan fingerprint density at radius 2 is 2.62 bits per heavy atom. The van der Waals surface area contributed by atoms with Crippen molar-refractivity contribution in [3.05, 3.63) is 24.2 Å². The molecule has 1 aromatic heterocycles. The molecule has 0 aromatic carbocycles. The highest BCUT2D eigenvalue weighted by Crippen LogP contribution is 2.14. The van der Waals surface area contributed by atoms with E-state index >= 15 is 0 Å². The molecule has 2 rings (SSSR count). The van der Waals surface area contributed by atoms with E-state index in [1.165, 1.54) is 0 Å². The summed E-state index contributed by atoms with van der Waals surface area (Å²) in [6, 6.07) is 3.71. The van der Waals surface area contributed by atoms with Gasteiger partial charge in [-0.25, -0.2) is 0 Å². The number of likely N-dealkylation sites (N-methyl/N-ethyl adjacent to an activating group) is 1. The van der Waals surface area contributed by atoms with Crippen molar-refractivity contribution in [3.8, 4) is 0 Å². The monoisotopic (exact) mass is 240 g/mol. The maximum absolute atomic E-state index is 12.1. The number of hydrogen-bond donors (Lipinski definition) is 1. The maximum Gasteiger partial charge on any atom is 0.240 e. The Morgan fingerprint density at radius 3 is 3.19 bits per heavy atom. The van der Waals surface area contributed by atoms with Crippen molar-refractivity contribution >= 4 is 17.7 Å². The normalized spacial score (nSPS) is 19.9. The largest absolute Gasteiger partial charge is 0.467 e. The smallest absolute Gasteiger partial charge is 0.240 e. The van der Waals surface area contributed by atoms with E-state index in [-0.39, 0.29) is 11.9 Å². The molecule has 2 heterocycles. The third-order valence-corrected chi connectivity index (χ3v) is 3.57. The van der Waals surface area contributed by atoms with Gasteiger partial charge in [0.2, 0.25) is 5.91 Å². The van der Waals surface area contributed by atoms with Crippen molar-refractivity contribution < 1.29 is 9.21 Å². The first-order valence-electron chi connectivity index (χ1n) is 5.43. The Hall–Kier alpha value is -0.940. The Morgan fingerprint density at radius 1 is 1.75 bits per heavy atom. The van der Waals surface area contributed by atoms with Gasteiger partial charge in [0.05, 0.1) is 18.8 Å². The summed E-state index contributed by atoms with van der Waals surface area (Å²) in [6.45, 7) is 3.26. The van der Waals surface area contributed by atoms with Gasteiger partial charge in [-0.15, -0.1) is 11.8 Å². The number of carbonyl (C=O) groups excluding carboxylic acids is 1. The van der Waals surface area contributed by atoms with E-state index in [1.54, 1.807) is 18.0 Å². The molecule has 1 aliphatic rings. The van der Waals surface area contributed by atoms with Gasteiger partial charge in [-0.2, -0.15) is 0 Å². The van der Waals surface area contributed by atoms with Crippen molar-refractivity contribution in [2.45, 2.75) is 19.5 Å². The second-order valence-electron chi connectivity index (χ2n) is 3.70. The third-order valence-electron chi connectivity index (χ3n) is 2.63. The third kappa shape index (κ3) is 2.59. The van der Waals surface area contributed by atoms with Crippen molar-refractivity contribution in [2.24, 2.45) is 0 Å². The van der Waals surface area contributed by atoms with Crippen LogP contribution in [0.4, 0.5) is 0 Å². The molecule has 0 bridgehead atoms. The van der Waals surface area contributed by atoms with Gasteiger partial charge in [0.25, 0.3) is 0 Å². The maximum atomic E-state index is 12.1. The molecule has 4 nitrogen and oxygen atoms in total. The average Bonchev–Trinajstić information content (AvgIpc) is 2.97. The standard InChI is InChI=1S/C11H16N2O2S/c1-2-13(6-9-4-3-5-15-9)11(14)10-7-16-8-12-10/h3-5,10,12H,2,6-8H2,1H3. The van der Waals surface area contributed by atoms with Crippen molar-refractivity contribution in [1.29, 1.82) is 0 Å². The van der Waals surface area contributed by atoms with Gasteiger partial charge < -0.3 is 9.32 Å². The van der Waals surface area contributed by atoms with Crippen LogP contribution >= 0.6 is 11.8 Å². The summed E-state index contributed by atoms with van der Waals surface area (Å²) in [7, 11) is 0. The fourth-order valence-corrected chi connectivity index (χ4v) is 2.64. The lowest BCUT2D eigenvalue weighted by Gasteiger charge is -2.22. The average molecular weight is 240 g/mol. The molecule has 0 aliphatic carbocycles. The van der Waals surface area contributed by atoms with Crippen LogP contribution in [-0.2, 0) is 11.3 Å². The quantitative estimate of drug-likeness (QED) is 0.861. The number of thioether (sulfide) groups is 1. The highest BCUT2D eigenvalue weighted by atomic mass is 32.2. The Labute approximate surface area is 99.4 Å². The van der Waals surface area contributed by atoms with Crippen LogP contribution in [0.5, 0.6) is 0 Å². The molecule has 1 amide bonds. The van der Waals surface area contributed by atoms with Crippen LogP contribution in [0.1, 0.15) is 12.7 Å². The summed E-state index contributed by atoms with van der Waals surface area (Å²) in [5.74, 6) is 2.74. The van der Waals surface area contributed by atoms with Crippen molar-refractivity contribution in [3.63, 3.8) is 0 Å². The van der Waals surface area contributed by atoms with Gasteiger partial charge in [0.15, 0.2) is 0 Å². The minimum Gasteiger partial charge on any atom is -0.467 e. The summed E-state index contributed by atoms with van der Waals surface area (Å²) in [6.07, 6.45) is 1.64. The summed E-state index contributed by atoms with van der Waals surface area (Å²) < 4.78 is 5.26. The molecule has 1 aliphatic heterocycles. The van der Waals surface area contributed by atoms with E-state index in [2.05, 4.69) is 5.32 Å². The Kier molecular flexibility index (Phi) is 3.90. The van der Waals surface area contributed by atoms with E-state index in [0.29, 0.717) is 13.1 Å². The molecule has 0 saturated carbocycles. The van der Waals surface area contributed by atoms with E-state index in [4.69, 9.17) is 4.42 Å². The number of nitrogens with one attached hydrogen (secondary N) is 1. The lowest BCUT2D eigenvalue weighted by molar-refractivity contribution is -0.133. The predicted octanol–water partition coefficient (Wildman–Crippen LogP) is 1.29. The number of amides is 1. The number of furan rings is 1. The molecule has 1 N–H and O–H groups in total. The molecule has 0 radical (unpaired) electrons. The van der Waals surface area contributed by atoms with Crippen LogP contribution in [0.3, 0.4) is 0 Å².